The molecule has 0 bridgehead atoms. The van der Waals surface area contributed by atoms with E-state index in [1.807, 2.05) is 20.0 Å². The van der Waals surface area contributed by atoms with Gasteiger partial charge in [-0.25, -0.2) is 9.97 Å². The van der Waals surface area contributed by atoms with E-state index in [1.165, 1.54) is 0 Å². The largest absolute Gasteiger partial charge is 0.451 e. The molecule has 0 aliphatic rings. The van der Waals surface area contributed by atoms with Crippen molar-refractivity contribution in [2.24, 2.45) is 0 Å². The molecule has 0 spiro atoms. The lowest BCUT2D eigenvalue weighted by Crippen LogP contribution is -2.16. The van der Waals surface area contributed by atoms with E-state index in [4.69, 9.17) is 0 Å². The van der Waals surface area contributed by atoms with Crippen LogP contribution in [0.3, 0.4) is 0 Å². The van der Waals surface area contributed by atoms with Gasteiger partial charge in [0.05, 0.1) is 11.1 Å². The fraction of sp³-hybridized carbons (Fsp3) is 0.250. The van der Waals surface area contributed by atoms with Crippen molar-refractivity contribution in [3.8, 4) is 0 Å². The van der Waals surface area contributed by atoms with Gasteiger partial charge in [0.15, 0.2) is 0 Å². The van der Waals surface area contributed by atoms with Gasteiger partial charge in [-0.1, -0.05) is 0 Å². The molecule has 2 aromatic heterocycles. The summed E-state index contributed by atoms with van der Waals surface area (Å²) in [5.74, 6) is -1.89. The molecule has 9 heteroatoms. The van der Waals surface area contributed by atoms with Crippen LogP contribution in [-0.2, 0) is 6.18 Å². The normalized spacial score (nSPS) is 11.9. The average molecular weight is 349 g/mol. The molecule has 1 aromatic carbocycles. The number of hydrogen-bond donors (Lipinski definition) is 1. The molecule has 1 amide bonds. The molecular formula is C16H14F3N5O. The van der Waals surface area contributed by atoms with E-state index < -0.39 is 17.9 Å². The van der Waals surface area contributed by atoms with Crippen LogP contribution in [0.5, 0.6) is 0 Å². The molecule has 0 unspecified atom stereocenters. The molecule has 25 heavy (non-hydrogen) atoms. The highest BCUT2D eigenvalue weighted by Crippen LogP contribution is 2.25. The summed E-state index contributed by atoms with van der Waals surface area (Å²) < 4.78 is 39.1. The first-order valence-electron chi connectivity index (χ1n) is 7.43. The van der Waals surface area contributed by atoms with Gasteiger partial charge in [-0.05, 0) is 32.0 Å². The van der Waals surface area contributed by atoms with E-state index >= 15 is 0 Å². The fourth-order valence-electron chi connectivity index (χ4n) is 2.17. The lowest BCUT2D eigenvalue weighted by molar-refractivity contribution is -0.145. The van der Waals surface area contributed by atoms with Crippen LogP contribution in [0.1, 0.15) is 36.1 Å². The lowest BCUT2D eigenvalue weighted by Gasteiger charge is -2.07. The van der Waals surface area contributed by atoms with Crippen molar-refractivity contribution < 1.29 is 18.0 Å². The van der Waals surface area contributed by atoms with Gasteiger partial charge in [-0.2, -0.15) is 18.3 Å². The Morgan fingerprint density at radius 3 is 2.48 bits per heavy atom. The predicted octanol–water partition coefficient (Wildman–Crippen LogP) is 3.68. The monoisotopic (exact) mass is 349 g/mol. The van der Waals surface area contributed by atoms with Crippen molar-refractivity contribution in [3.05, 3.63) is 48.2 Å². The van der Waals surface area contributed by atoms with Gasteiger partial charge in [-0.15, -0.1) is 0 Å². The standard InChI is InChI=1S/C16H14F3N5O/c1-9(2)24-8-10-3-4-12(5-13(10)23-24)22-14(25)11-6-20-15(21-7-11)16(17,18)19/h3-9H,1-2H3,(H,22,25). The summed E-state index contributed by atoms with van der Waals surface area (Å²) in [7, 11) is 0. The maximum atomic E-state index is 12.4. The number of fused-ring (bicyclic) bond motifs is 1. The maximum Gasteiger partial charge on any atom is 0.451 e. The van der Waals surface area contributed by atoms with Gasteiger partial charge in [0.2, 0.25) is 5.82 Å². The van der Waals surface area contributed by atoms with Gasteiger partial charge >= 0.3 is 6.18 Å². The minimum Gasteiger partial charge on any atom is -0.322 e. The summed E-state index contributed by atoms with van der Waals surface area (Å²) >= 11 is 0. The molecular weight excluding hydrogens is 335 g/mol. The third-order valence-electron chi connectivity index (χ3n) is 3.48. The summed E-state index contributed by atoms with van der Waals surface area (Å²) in [6, 6.07) is 5.39. The molecule has 0 aliphatic heterocycles. The molecule has 0 saturated heterocycles. The SMILES string of the molecule is CC(C)n1cc2ccc(NC(=O)c3cnc(C(F)(F)F)nc3)cc2n1. The summed E-state index contributed by atoms with van der Waals surface area (Å²) in [5.41, 5.74) is 1.11. The maximum absolute atomic E-state index is 12.4. The highest BCUT2D eigenvalue weighted by molar-refractivity contribution is 6.04. The number of anilines is 1. The molecule has 3 aromatic rings. The van der Waals surface area contributed by atoms with Crippen molar-refractivity contribution >= 4 is 22.5 Å². The first-order chi connectivity index (χ1) is 11.7. The van der Waals surface area contributed by atoms with Crippen molar-refractivity contribution in [1.82, 2.24) is 19.7 Å². The quantitative estimate of drug-likeness (QED) is 0.783. The Morgan fingerprint density at radius 1 is 1.20 bits per heavy atom. The van der Waals surface area contributed by atoms with Crippen LogP contribution in [0, 0.1) is 0 Å². The van der Waals surface area contributed by atoms with Crippen molar-refractivity contribution in [3.63, 3.8) is 0 Å². The van der Waals surface area contributed by atoms with Crippen molar-refractivity contribution in [2.75, 3.05) is 5.32 Å². The first kappa shape index (κ1) is 16.9. The van der Waals surface area contributed by atoms with Gasteiger partial charge in [0, 0.05) is 35.7 Å². The minimum atomic E-state index is -4.64. The topological polar surface area (TPSA) is 72.7 Å². The molecule has 0 fully saturated rings. The van der Waals surface area contributed by atoms with E-state index in [2.05, 4.69) is 20.4 Å². The zero-order valence-electron chi connectivity index (χ0n) is 13.4. The molecule has 0 atom stereocenters. The Kier molecular flexibility index (Phi) is 4.15. The van der Waals surface area contributed by atoms with E-state index in [0.717, 1.165) is 17.8 Å². The smallest absolute Gasteiger partial charge is 0.322 e. The lowest BCUT2D eigenvalue weighted by atomic mass is 10.2. The Bertz CT molecular complexity index is 916. The highest BCUT2D eigenvalue weighted by atomic mass is 19.4. The van der Waals surface area contributed by atoms with Crippen LogP contribution in [0.25, 0.3) is 10.9 Å². The summed E-state index contributed by atoms with van der Waals surface area (Å²) in [6.45, 7) is 4.00. The number of nitrogens with zero attached hydrogens (tertiary/aromatic N) is 4. The second-order valence-electron chi connectivity index (χ2n) is 5.72. The summed E-state index contributed by atoms with van der Waals surface area (Å²) in [4.78, 5) is 18.5. The summed E-state index contributed by atoms with van der Waals surface area (Å²) in [6.07, 6.45) is -1.06. The second-order valence-corrected chi connectivity index (χ2v) is 5.72. The zero-order valence-corrected chi connectivity index (χ0v) is 13.4. The molecule has 0 saturated carbocycles. The highest BCUT2D eigenvalue weighted by Gasteiger charge is 2.34. The van der Waals surface area contributed by atoms with Gasteiger partial charge < -0.3 is 5.32 Å². The molecule has 3 rings (SSSR count). The molecule has 6 nitrogen and oxygen atoms in total. The number of benzene rings is 1. The Morgan fingerprint density at radius 2 is 1.88 bits per heavy atom. The Hall–Kier alpha value is -2.97. The second kappa shape index (κ2) is 6.15. The van der Waals surface area contributed by atoms with Crippen LogP contribution < -0.4 is 5.32 Å². The number of halogens is 3. The molecule has 0 radical (unpaired) electrons. The van der Waals surface area contributed by atoms with Crippen LogP contribution in [0.4, 0.5) is 18.9 Å². The number of rotatable bonds is 3. The van der Waals surface area contributed by atoms with E-state index in [9.17, 15) is 18.0 Å². The van der Waals surface area contributed by atoms with E-state index in [0.29, 0.717) is 11.2 Å². The summed E-state index contributed by atoms with van der Waals surface area (Å²) in [5, 5.41) is 7.93. The Labute approximate surface area is 140 Å². The van der Waals surface area contributed by atoms with Gasteiger partial charge in [0.1, 0.15) is 0 Å². The number of aromatic nitrogens is 4. The number of alkyl halides is 3. The average Bonchev–Trinajstić information content (AvgIpc) is 2.98. The van der Waals surface area contributed by atoms with Crippen LogP contribution in [0.15, 0.2) is 36.8 Å². The van der Waals surface area contributed by atoms with Crippen LogP contribution in [0.2, 0.25) is 0 Å². The third-order valence-corrected chi connectivity index (χ3v) is 3.48. The predicted molar refractivity (Wildman–Crippen MR) is 85.1 cm³/mol. The molecule has 0 aliphatic carbocycles. The van der Waals surface area contributed by atoms with Gasteiger partial charge in [0.25, 0.3) is 5.91 Å². The number of carbonyl (C=O) groups is 1. The molecule has 130 valence electrons. The van der Waals surface area contributed by atoms with Crippen molar-refractivity contribution in [2.45, 2.75) is 26.1 Å². The van der Waals surface area contributed by atoms with Crippen molar-refractivity contribution in [1.29, 1.82) is 0 Å². The van der Waals surface area contributed by atoms with Crippen LogP contribution >= 0.6 is 0 Å². The Balaban J connectivity index is 1.79. The number of carbonyl (C=O) groups excluding carboxylic acids is 1. The molecule has 2 heterocycles. The third kappa shape index (κ3) is 3.59. The van der Waals surface area contributed by atoms with Crippen LogP contribution in [-0.4, -0.2) is 25.7 Å². The zero-order chi connectivity index (χ0) is 18.2. The van der Waals surface area contributed by atoms with E-state index in [-0.39, 0.29) is 11.6 Å². The molecule has 1 N–H and O–H groups in total. The number of nitrogens with one attached hydrogen (secondary N) is 1. The number of amides is 1. The first-order valence-corrected chi connectivity index (χ1v) is 7.43. The fourth-order valence-corrected chi connectivity index (χ4v) is 2.17. The van der Waals surface area contributed by atoms with Gasteiger partial charge in [-0.3, -0.25) is 9.48 Å². The minimum absolute atomic E-state index is 0.0687. The van der Waals surface area contributed by atoms with E-state index in [1.54, 1.807) is 22.9 Å². The number of hydrogen-bond acceptors (Lipinski definition) is 4.